The largest absolute Gasteiger partial charge is 0.399 e. The van der Waals surface area contributed by atoms with Crippen LogP contribution in [-0.2, 0) is 9.84 Å². The van der Waals surface area contributed by atoms with Crippen molar-refractivity contribution in [1.82, 2.24) is 15.0 Å². The van der Waals surface area contributed by atoms with Crippen LogP contribution >= 0.6 is 11.6 Å². The second-order valence-corrected chi connectivity index (χ2v) is 8.37. The van der Waals surface area contributed by atoms with Crippen LogP contribution in [0.4, 0.5) is 5.69 Å². The molecule has 0 bridgehead atoms. The molecule has 6 nitrogen and oxygen atoms in total. The highest BCUT2D eigenvalue weighted by Gasteiger charge is 2.28. The number of hydrogen-bond acceptors (Lipinski definition) is 5. The molecule has 0 aliphatic rings. The van der Waals surface area contributed by atoms with E-state index < -0.39 is 9.84 Å². The Morgan fingerprint density at radius 2 is 1.50 bits per heavy atom. The van der Waals surface area contributed by atoms with E-state index in [2.05, 4.69) is 10.3 Å². The summed E-state index contributed by atoms with van der Waals surface area (Å²) >= 11 is 6.00. The number of nitrogens with two attached hydrogens (primary N) is 1. The Morgan fingerprint density at radius 3 is 2.14 bits per heavy atom. The van der Waals surface area contributed by atoms with Crippen molar-refractivity contribution in [3.05, 3.63) is 83.9 Å². The zero-order valence-electron chi connectivity index (χ0n) is 14.5. The van der Waals surface area contributed by atoms with Crippen molar-refractivity contribution in [3.63, 3.8) is 0 Å². The van der Waals surface area contributed by atoms with Gasteiger partial charge in [-0.15, -0.1) is 5.10 Å². The molecule has 3 aromatic carbocycles. The minimum atomic E-state index is -3.88. The number of hydrogen-bond donors (Lipinski definition) is 1. The summed E-state index contributed by atoms with van der Waals surface area (Å²) in [4.78, 5) is 0.148. The van der Waals surface area contributed by atoms with Crippen molar-refractivity contribution in [2.75, 3.05) is 5.73 Å². The average molecular weight is 411 g/mol. The third-order valence-corrected chi connectivity index (χ3v) is 6.13. The van der Waals surface area contributed by atoms with Crippen molar-refractivity contribution in [2.24, 2.45) is 0 Å². The van der Waals surface area contributed by atoms with Crippen LogP contribution in [0.15, 0.2) is 88.8 Å². The Balaban J connectivity index is 1.97. The summed E-state index contributed by atoms with van der Waals surface area (Å²) in [5.41, 5.74) is 7.97. The topological polar surface area (TPSA) is 90.9 Å². The lowest BCUT2D eigenvalue weighted by Crippen LogP contribution is -2.06. The molecule has 0 spiro atoms. The third-order valence-electron chi connectivity index (χ3n) is 4.20. The zero-order chi connectivity index (χ0) is 19.7. The molecule has 0 saturated heterocycles. The lowest BCUT2D eigenvalue weighted by atomic mass is 10.1. The van der Waals surface area contributed by atoms with E-state index in [1.165, 1.54) is 16.8 Å². The number of nitrogen functional groups attached to an aromatic ring is 1. The van der Waals surface area contributed by atoms with E-state index in [1.54, 1.807) is 66.7 Å². The predicted octanol–water partition coefficient (Wildman–Crippen LogP) is 4.00. The van der Waals surface area contributed by atoms with Gasteiger partial charge in [-0.1, -0.05) is 47.1 Å². The number of halogens is 1. The summed E-state index contributed by atoms with van der Waals surface area (Å²) in [6, 6.07) is 21.9. The van der Waals surface area contributed by atoms with E-state index >= 15 is 0 Å². The van der Waals surface area contributed by atoms with E-state index in [4.69, 9.17) is 17.3 Å². The van der Waals surface area contributed by atoms with Crippen LogP contribution in [0.1, 0.15) is 0 Å². The average Bonchev–Trinajstić information content (AvgIpc) is 3.16. The van der Waals surface area contributed by atoms with Crippen LogP contribution in [0, 0.1) is 0 Å². The molecule has 0 aliphatic carbocycles. The van der Waals surface area contributed by atoms with E-state index in [-0.39, 0.29) is 9.92 Å². The Morgan fingerprint density at radius 1 is 0.857 bits per heavy atom. The molecule has 2 N–H and O–H groups in total. The lowest BCUT2D eigenvalue weighted by Gasteiger charge is -2.09. The molecule has 28 heavy (non-hydrogen) atoms. The molecule has 0 fully saturated rings. The number of rotatable bonds is 4. The summed E-state index contributed by atoms with van der Waals surface area (Å²) in [6.07, 6.45) is 0. The molecule has 140 valence electrons. The van der Waals surface area contributed by atoms with Gasteiger partial charge in [-0.3, -0.25) is 0 Å². The molecule has 1 heterocycles. The Labute approximate surface area is 167 Å². The standard InChI is InChI=1S/C20H15ClN4O2S/c21-15-8-6-14(7-9-15)19-20(28(26,27)18-4-2-1-3-5-18)23-24-25(19)17-12-10-16(22)11-13-17/h1-13H,22H2. The normalized spacial score (nSPS) is 11.5. The monoisotopic (exact) mass is 410 g/mol. The Hall–Kier alpha value is -3.16. The quantitative estimate of drug-likeness (QED) is 0.513. The molecule has 4 rings (SSSR count). The molecule has 0 amide bonds. The van der Waals surface area contributed by atoms with Gasteiger partial charge in [-0.25, -0.2) is 13.1 Å². The van der Waals surface area contributed by atoms with Crippen LogP contribution in [0.5, 0.6) is 0 Å². The summed E-state index contributed by atoms with van der Waals surface area (Å²) in [6.45, 7) is 0. The van der Waals surface area contributed by atoms with Crippen LogP contribution in [0.25, 0.3) is 16.9 Å². The van der Waals surface area contributed by atoms with Gasteiger partial charge in [-0.05, 0) is 48.5 Å². The van der Waals surface area contributed by atoms with Crippen molar-refractivity contribution < 1.29 is 8.42 Å². The van der Waals surface area contributed by atoms with Crippen LogP contribution in [0.3, 0.4) is 0 Å². The Bertz CT molecular complexity index is 1220. The summed E-state index contributed by atoms with van der Waals surface area (Å²) in [7, 11) is -3.88. The first-order valence-electron chi connectivity index (χ1n) is 8.34. The fraction of sp³-hybridized carbons (Fsp3) is 0. The summed E-state index contributed by atoms with van der Waals surface area (Å²) < 4.78 is 27.9. The number of anilines is 1. The maximum atomic E-state index is 13.2. The fourth-order valence-electron chi connectivity index (χ4n) is 2.81. The van der Waals surface area contributed by atoms with Crippen molar-refractivity contribution in [2.45, 2.75) is 9.92 Å². The molecular weight excluding hydrogens is 396 g/mol. The van der Waals surface area contributed by atoms with Gasteiger partial charge in [-0.2, -0.15) is 0 Å². The van der Waals surface area contributed by atoms with Crippen molar-refractivity contribution >= 4 is 27.1 Å². The van der Waals surface area contributed by atoms with Gasteiger partial charge in [0.1, 0.15) is 5.69 Å². The van der Waals surface area contributed by atoms with E-state index in [9.17, 15) is 8.42 Å². The lowest BCUT2D eigenvalue weighted by molar-refractivity contribution is 0.592. The highest BCUT2D eigenvalue weighted by atomic mass is 35.5. The van der Waals surface area contributed by atoms with E-state index in [0.717, 1.165) is 0 Å². The minimum absolute atomic E-state index is 0.127. The van der Waals surface area contributed by atoms with Crippen molar-refractivity contribution in [1.29, 1.82) is 0 Å². The third kappa shape index (κ3) is 3.26. The van der Waals surface area contributed by atoms with Gasteiger partial charge in [0.2, 0.25) is 14.9 Å². The van der Waals surface area contributed by atoms with Crippen LogP contribution in [0.2, 0.25) is 5.02 Å². The number of benzene rings is 3. The van der Waals surface area contributed by atoms with Gasteiger partial charge >= 0.3 is 0 Å². The van der Waals surface area contributed by atoms with Gasteiger partial charge in [0, 0.05) is 16.3 Å². The summed E-state index contributed by atoms with van der Waals surface area (Å²) in [5, 5.41) is 8.56. The first-order valence-corrected chi connectivity index (χ1v) is 10.2. The van der Waals surface area contributed by atoms with E-state index in [0.29, 0.717) is 27.7 Å². The number of sulfone groups is 1. The molecule has 8 heteroatoms. The Kier molecular flexibility index (Phi) is 4.62. The molecule has 0 unspecified atom stereocenters. The molecule has 0 atom stereocenters. The van der Waals surface area contributed by atoms with Gasteiger partial charge < -0.3 is 5.73 Å². The number of aromatic nitrogens is 3. The molecule has 1 aromatic heterocycles. The van der Waals surface area contributed by atoms with E-state index in [1.807, 2.05) is 0 Å². The molecular formula is C20H15ClN4O2S. The first kappa shape index (κ1) is 18.2. The van der Waals surface area contributed by atoms with Crippen molar-refractivity contribution in [3.8, 4) is 16.9 Å². The van der Waals surface area contributed by atoms with Gasteiger partial charge in [0.05, 0.1) is 10.6 Å². The van der Waals surface area contributed by atoms with Gasteiger partial charge in [0.15, 0.2) is 0 Å². The smallest absolute Gasteiger partial charge is 0.227 e. The summed E-state index contributed by atoms with van der Waals surface area (Å²) in [5.74, 6) is 0. The second kappa shape index (κ2) is 7.10. The maximum absolute atomic E-state index is 13.2. The highest BCUT2D eigenvalue weighted by Crippen LogP contribution is 2.32. The molecule has 0 aliphatic heterocycles. The zero-order valence-corrected chi connectivity index (χ0v) is 16.1. The SMILES string of the molecule is Nc1ccc(-n2nnc(S(=O)(=O)c3ccccc3)c2-c2ccc(Cl)cc2)cc1. The minimum Gasteiger partial charge on any atom is -0.399 e. The van der Waals surface area contributed by atoms with Gasteiger partial charge in [0.25, 0.3) is 0 Å². The predicted molar refractivity (Wildman–Crippen MR) is 108 cm³/mol. The van der Waals surface area contributed by atoms with Crippen LogP contribution in [-0.4, -0.2) is 23.4 Å². The maximum Gasteiger partial charge on any atom is 0.227 e. The molecule has 4 aromatic rings. The first-order chi connectivity index (χ1) is 13.5. The molecule has 0 saturated carbocycles. The highest BCUT2D eigenvalue weighted by molar-refractivity contribution is 7.91. The van der Waals surface area contributed by atoms with Crippen LogP contribution < -0.4 is 5.73 Å². The number of nitrogens with zero attached hydrogens (tertiary/aromatic N) is 3. The molecule has 0 radical (unpaired) electrons. The second-order valence-electron chi connectivity index (χ2n) is 6.07. The fourth-order valence-corrected chi connectivity index (χ4v) is 4.28.